The van der Waals surface area contributed by atoms with Crippen LogP contribution in [0, 0.1) is 0 Å². The largest absolute Gasteiger partial charge is 0.496 e. The lowest BCUT2D eigenvalue weighted by Gasteiger charge is -2.29. The number of nitrogens with zero attached hydrogens (tertiary/aromatic N) is 1. The highest BCUT2D eigenvalue weighted by Gasteiger charge is 2.57. The molecule has 0 radical (unpaired) electrons. The van der Waals surface area contributed by atoms with E-state index in [4.69, 9.17) is 4.74 Å². The van der Waals surface area contributed by atoms with Crippen molar-refractivity contribution in [1.29, 1.82) is 0 Å². The van der Waals surface area contributed by atoms with Crippen LogP contribution in [0.4, 0.5) is 0 Å². The third-order valence-corrected chi connectivity index (χ3v) is 6.73. The minimum absolute atomic E-state index is 0.0638. The summed E-state index contributed by atoms with van der Waals surface area (Å²) in [7, 11) is 1.61. The summed E-state index contributed by atoms with van der Waals surface area (Å²) < 4.78 is 4.98. The number of thioether (sulfide) groups is 1. The molecule has 4 rings (SSSR count). The molecule has 0 spiro atoms. The van der Waals surface area contributed by atoms with Crippen LogP contribution in [-0.2, 0) is 11.3 Å². The molecule has 2 aliphatic rings. The molecule has 2 aliphatic heterocycles. The third-order valence-electron chi connectivity index (χ3n) is 5.19. The van der Waals surface area contributed by atoms with E-state index < -0.39 is 6.04 Å². The Labute approximate surface area is 163 Å². The average molecular weight is 382 g/mol. The quantitative estimate of drug-likeness (QED) is 0.881. The molecule has 27 heavy (non-hydrogen) atoms. The topological polar surface area (TPSA) is 58.6 Å². The predicted octanol–water partition coefficient (Wildman–Crippen LogP) is 3.36. The lowest BCUT2D eigenvalue weighted by Crippen LogP contribution is -2.52. The Balaban J connectivity index is 1.58. The van der Waals surface area contributed by atoms with Crippen molar-refractivity contribution in [3.63, 3.8) is 0 Å². The number of carbonyl (C=O) groups is 2. The molecule has 140 valence electrons. The second-order valence-corrected chi connectivity index (χ2v) is 9.04. The van der Waals surface area contributed by atoms with Gasteiger partial charge in [-0.1, -0.05) is 36.4 Å². The van der Waals surface area contributed by atoms with Crippen LogP contribution in [0.3, 0.4) is 0 Å². The first-order chi connectivity index (χ1) is 12.9. The third kappa shape index (κ3) is 2.88. The van der Waals surface area contributed by atoms with Crippen LogP contribution in [0.15, 0.2) is 48.5 Å². The van der Waals surface area contributed by atoms with Gasteiger partial charge in [-0.05, 0) is 31.5 Å². The van der Waals surface area contributed by atoms with Crippen molar-refractivity contribution in [3.05, 3.63) is 65.2 Å². The number of hydrogen-bond acceptors (Lipinski definition) is 4. The fourth-order valence-corrected chi connectivity index (χ4v) is 5.52. The van der Waals surface area contributed by atoms with Gasteiger partial charge in [0.1, 0.15) is 17.2 Å². The molecular formula is C21H22N2O3S. The number of benzene rings is 2. The highest BCUT2D eigenvalue weighted by atomic mass is 32.2. The van der Waals surface area contributed by atoms with Crippen molar-refractivity contribution in [2.24, 2.45) is 0 Å². The first kappa shape index (κ1) is 17.9. The van der Waals surface area contributed by atoms with E-state index in [0.29, 0.717) is 12.1 Å². The van der Waals surface area contributed by atoms with Gasteiger partial charge in [0.2, 0.25) is 5.91 Å². The van der Waals surface area contributed by atoms with E-state index >= 15 is 0 Å². The Bertz CT molecular complexity index is 912. The lowest BCUT2D eigenvalue weighted by atomic mass is 10.0. The molecule has 0 bridgehead atoms. The van der Waals surface area contributed by atoms with Gasteiger partial charge in [0.05, 0.1) is 7.11 Å². The van der Waals surface area contributed by atoms with Gasteiger partial charge in [0.15, 0.2) is 0 Å². The maximum atomic E-state index is 13.1. The Morgan fingerprint density at radius 1 is 1.19 bits per heavy atom. The molecule has 5 nitrogen and oxygen atoms in total. The van der Waals surface area contributed by atoms with Crippen LogP contribution >= 0.6 is 11.8 Å². The minimum Gasteiger partial charge on any atom is -0.496 e. The maximum Gasteiger partial charge on any atom is 0.256 e. The number of rotatable bonds is 4. The SMILES string of the molecule is COc1ccccc1CNC(=O)[C@@H]1N2C(=O)c3ccccc3[C@@H]2SC1(C)C. The lowest BCUT2D eigenvalue weighted by molar-refractivity contribution is -0.126. The molecular weight excluding hydrogens is 360 g/mol. The van der Waals surface area contributed by atoms with Crippen LogP contribution in [0.5, 0.6) is 5.75 Å². The Kier molecular flexibility index (Phi) is 4.38. The summed E-state index contributed by atoms with van der Waals surface area (Å²) in [4.78, 5) is 27.8. The summed E-state index contributed by atoms with van der Waals surface area (Å²) in [6.07, 6.45) is 0. The van der Waals surface area contributed by atoms with Gasteiger partial charge in [-0.3, -0.25) is 9.59 Å². The number of methoxy groups -OCH3 is 1. The van der Waals surface area contributed by atoms with Gasteiger partial charge in [-0.25, -0.2) is 0 Å². The predicted molar refractivity (Wildman–Crippen MR) is 106 cm³/mol. The summed E-state index contributed by atoms with van der Waals surface area (Å²) in [6.45, 7) is 4.41. The fraction of sp³-hybridized carbons (Fsp3) is 0.333. The highest BCUT2D eigenvalue weighted by Crippen LogP contribution is 2.56. The molecule has 1 N–H and O–H groups in total. The normalized spacial score (nSPS) is 22.3. The van der Waals surface area contributed by atoms with Gasteiger partial charge in [0.25, 0.3) is 5.91 Å². The molecule has 2 amide bonds. The molecule has 0 aromatic heterocycles. The van der Waals surface area contributed by atoms with E-state index in [9.17, 15) is 9.59 Å². The molecule has 0 saturated carbocycles. The molecule has 2 aromatic carbocycles. The summed E-state index contributed by atoms with van der Waals surface area (Å²) in [6, 6.07) is 14.7. The van der Waals surface area contributed by atoms with E-state index in [2.05, 4.69) is 5.32 Å². The second kappa shape index (κ2) is 6.60. The van der Waals surface area contributed by atoms with Crippen molar-refractivity contribution < 1.29 is 14.3 Å². The molecule has 0 unspecified atom stereocenters. The van der Waals surface area contributed by atoms with E-state index in [0.717, 1.165) is 16.9 Å². The van der Waals surface area contributed by atoms with Crippen molar-refractivity contribution in [2.75, 3.05) is 7.11 Å². The zero-order valence-electron chi connectivity index (χ0n) is 15.6. The molecule has 1 fully saturated rings. The number of nitrogens with one attached hydrogen (secondary N) is 1. The van der Waals surface area contributed by atoms with Crippen LogP contribution in [0.25, 0.3) is 0 Å². The standard InChI is InChI=1S/C21H22N2O3S/c1-21(2)17(18(24)22-12-13-8-4-7-11-16(13)26-3)23-19(25)14-9-5-6-10-15(14)20(23)27-21/h4-11,17,20H,12H2,1-3H3,(H,22,24)/t17-,20-/m0/s1. The van der Waals surface area contributed by atoms with Crippen LogP contribution in [0.1, 0.15) is 40.7 Å². The maximum absolute atomic E-state index is 13.1. The second-order valence-electron chi connectivity index (χ2n) is 7.31. The van der Waals surface area contributed by atoms with Crippen LogP contribution < -0.4 is 10.1 Å². The van der Waals surface area contributed by atoms with Gasteiger partial charge in [0, 0.05) is 22.4 Å². The van der Waals surface area contributed by atoms with E-state index in [1.165, 1.54) is 0 Å². The highest BCUT2D eigenvalue weighted by molar-refractivity contribution is 8.01. The number of fused-ring (bicyclic) bond motifs is 3. The van der Waals surface area contributed by atoms with Crippen LogP contribution in [0.2, 0.25) is 0 Å². The van der Waals surface area contributed by atoms with Crippen molar-refractivity contribution in [3.8, 4) is 5.75 Å². The fourth-order valence-electron chi connectivity index (χ4n) is 3.93. The number of hydrogen-bond donors (Lipinski definition) is 1. The molecule has 0 aliphatic carbocycles. The Morgan fingerprint density at radius 2 is 1.89 bits per heavy atom. The van der Waals surface area contributed by atoms with Crippen LogP contribution in [-0.4, -0.2) is 34.6 Å². The summed E-state index contributed by atoms with van der Waals surface area (Å²) in [5, 5.41) is 2.90. The van der Waals surface area contributed by atoms with Gasteiger partial charge >= 0.3 is 0 Å². The van der Waals surface area contributed by atoms with E-state index in [1.807, 2.05) is 62.4 Å². The summed E-state index contributed by atoms with van der Waals surface area (Å²) in [5.74, 6) is 0.536. The van der Waals surface area contributed by atoms with Crippen molar-refractivity contribution >= 4 is 23.6 Å². The summed E-state index contributed by atoms with van der Waals surface area (Å²) >= 11 is 1.67. The van der Waals surface area contributed by atoms with Crippen molar-refractivity contribution in [2.45, 2.75) is 36.6 Å². The Morgan fingerprint density at radius 3 is 2.67 bits per heavy atom. The van der Waals surface area contributed by atoms with E-state index in [1.54, 1.807) is 23.8 Å². The zero-order chi connectivity index (χ0) is 19.2. The van der Waals surface area contributed by atoms with Gasteiger partial charge < -0.3 is 15.0 Å². The molecule has 2 aromatic rings. The first-order valence-corrected chi connectivity index (χ1v) is 9.81. The number of para-hydroxylation sites is 1. The monoisotopic (exact) mass is 382 g/mol. The van der Waals surface area contributed by atoms with Gasteiger partial charge in [-0.15, -0.1) is 11.8 Å². The molecule has 1 saturated heterocycles. The molecule has 6 heteroatoms. The summed E-state index contributed by atoms with van der Waals surface area (Å²) in [5.41, 5.74) is 2.61. The average Bonchev–Trinajstić information content (AvgIpc) is 3.10. The Hall–Kier alpha value is -2.47. The van der Waals surface area contributed by atoms with Crippen molar-refractivity contribution in [1.82, 2.24) is 10.2 Å². The minimum atomic E-state index is -0.526. The zero-order valence-corrected chi connectivity index (χ0v) is 16.4. The number of carbonyl (C=O) groups excluding carboxylic acids is 2. The molecule has 2 atom stereocenters. The number of amides is 2. The molecule has 2 heterocycles. The number of ether oxygens (including phenoxy) is 1. The van der Waals surface area contributed by atoms with Gasteiger partial charge in [-0.2, -0.15) is 0 Å². The first-order valence-electron chi connectivity index (χ1n) is 8.93. The van der Waals surface area contributed by atoms with E-state index in [-0.39, 0.29) is 21.9 Å². The smallest absolute Gasteiger partial charge is 0.256 e.